The van der Waals surface area contributed by atoms with Gasteiger partial charge in [0.1, 0.15) is 11.3 Å². The van der Waals surface area contributed by atoms with Gasteiger partial charge in [-0.05, 0) is 50.1 Å². The molecule has 27 heavy (non-hydrogen) atoms. The van der Waals surface area contributed by atoms with Crippen LogP contribution >= 0.6 is 0 Å². The number of hydrogen-bond acceptors (Lipinski definition) is 2. The number of rotatable bonds is 4. The van der Waals surface area contributed by atoms with Gasteiger partial charge >= 0.3 is 6.18 Å². The molecule has 0 fully saturated rings. The first-order valence-electron chi connectivity index (χ1n) is 8.46. The molecule has 7 heteroatoms. The summed E-state index contributed by atoms with van der Waals surface area (Å²) in [7, 11) is 1.84. The Balaban J connectivity index is 1.77. The topological polar surface area (TPSA) is 46.9 Å². The standard InChI is InChI=1S/C20H20F3N3O/c1-19(2,12-13-5-4-6-15(11-13)20(21,22)23)25-18(27)16-8-7-14-9-10-26(3)17(14)24-16/h4-11H,12H2,1-3H3,(H,25,27). The predicted molar refractivity (Wildman–Crippen MR) is 97.4 cm³/mol. The quantitative estimate of drug-likeness (QED) is 0.737. The van der Waals surface area contributed by atoms with Crippen LogP contribution in [0.15, 0.2) is 48.7 Å². The third kappa shape index (κ3) is 4.30. The van der Waals surface area contributed by atoms with Gasteiger partial charge in [-0.2, -0.15) is 13.2 Å². The highest BCUT2D eigenvalue weighted by atomic mass is 19.4. The molecule has 0 spiro atoms. The van der Waals surface area contributed by atoms with Crippen LogP contribution in [0.5, 0.6) is 0 Å². The molecular formula is C20H20F3N3O. The summed E-state index contributed by atoms with van der Waals surface area (Å²) in [6.45, 7) is 3.54. The summed E-state index contributed by atoms with van der Waals surface area (Å²) in [6.07, 6.45) is -2.27. The average molecular weight is 375 g/mol. The van der Waals surface area contributed by atoms with Crippen LogP contribution < -0.4 is 5.32 Å². The Morgan fingerprint density at radius 2 is 1.89 bits per heavy atom. The van der Waals surface area contributed by atoms with Crippen molar-refractivity contribution < 1.29 is 18.0 Å². The molecule has 0 unspecified atom stereocenters. The summed E-state index contributed by atoms with van der Waals surface area (Å²) >= 11 is 0. The number of hydrogen-bond donors (Lipinski definition) is 1. The smallest absolute Gasteiger partial charge is 0.345 e. The number of halogens is 3. The van der Waals surface area contributed by atoms with Crippen molar-refractivity contribution in [3.63, 3.8) is 0 Å². The van der Waals surface area contributed by atoms with Crippen molar-refractivity contribution in [2.45, 2.75) is 32.0 Å². The lowest BCUT2D eigenvalue weighted by Crippen LogP contribution is -2.45. The minimum Gasteiger partial charge on any atom is -0.345 e. The highest BCUT2D eigenvalue weighted by Crippen LogP contribution is 2.30. The number of carbonyl (C=O) groups excluding carboxylic acids is 1. The Labute approximate surface area is 155 Å². The second-order valence-corrected chi connectivity index (χ2v) is 7.25. The van der Waals surface area contributed by atoms with E-state index >= 15 is 0 Å². The van der Waals surface area contributed by atoms with Crippen LogP contribution in [-0.2, 0) is 19.6 Å². The first-order chi connectivity index (χ1) is 12.5. The van der Waals surface area contributed by atoms with Crippen LogP contribution in [0.4, 0.5) is 13.2 Å². The van der Waals surface area contributed by atoms with Gasteiger partial charge < -0.3 is 9.88 Å². The molecule has 2 heterocycles. The van der Waals surface area contributed by atoms with E-state index in [1.54, 1.807) is 26.0 Å². The predicted octanol–water partition coefficient (Wildman–Crippen LogP) is 4.34. The zero-order valence-electron chi connectivity index (χ0n) is 15.3. The Bertz CT molecular complexity index is 990. The third-order valence-electron chi connectivity index (χ3n) is 4.30. The zero-order chi connectivity index (χ0) is 19.8. The monoisotopic (exact) mass is 375 g/mol. The SMILES string of the molecule is Cn1ccc2ccc(C(=O)NC(C)(C)Cc3cccc(C(F)(F)F)c3)nc21. The normalized spacial score (nSPS) is 12.4. The van der Waals surface area contributed by atoms with E-state index in [2.05, 4.69) is 10.3 Å². The average Bonchev–Trinajstić information content (AvgIpc) is 2.94. The summed E-state index contributed by atoms with van der Waals surface area (Å²) in [5.41, 5.74) is 0.0188. The van der Waals surface area contributed by atoms with Gasteiger partial charge in [-0.1, -0.05) is 18.2 Å². The lowest BCUT2D eigenvalue weighted by atomic mass is 9.93. The Hall–Kier alpha value is -2.83. The van der Waals surface area contributed by atoms with Gasteiger partial charge in [0.15, 0.2) is 0 Å². The van der Waals surface area contributed by atoms with Crippen molar-refractivity contribution in [2.24, 2.45) is 7.05 Å². The van der Waals surface area contributed by atoms with Crippen LogP contribution in [0, 0.1) is 0 Å². The minimum absolute atomic E-state index is 0.259. The highest BCUT2D eigenvalue weighted by molar-refractivity contribution is 5.95. The van der Waals surface area contributed by atoms with E-state index in [4.69, 9.17) is 0 Å². The first kappa shape index (κ1) is 18.9. The number of amides is 1. The summed E-state index contributed by atoms with van der Waals surface area (Å²) < 4.78 is 40.5. The van der Waals surface area contributed by atoms with Gasteiger partial charge in [-0.25, -0.2) is 4.98 Å². The molecule has 0 atom stereocenters. The third-order valence-corrected chi connectivity index (χ3v) is 4.30. The number of fused-ring (bicyclic) bond motifs is 1. The molecule has 142 valence electrons. The van der Waals surface area contributed by atoms with Gasteiger partial charge in [-0.3, -0.25) is 4.79 Å². The molecule has 0 radical (unpaired) electrons. The highest BCUT2D eigenvalue weighted by Gasteiger charge is 2.31. The van der Waals surface area contributed by atoms with E-state index in [1.165, 1.54) is 6.07 Å². The van der Waals surface area contributed by atoms with Crippen molar-refractivity contribution in [1.82, 2.24) is 14.9 Å². The van der Waals surface area contributed by atoms with E-state index in [1.807, 2.05) is 29.9 Å². The maximum atomic E-state index is 12.9. The van der Waals surface area contributed by atoms with Gasteiger partial charge in [0.25, 0.3) is 5.91 Å². The number of nitrogens with one attached hydrogen (secondary N) is 1. The fourth-order valence-electron chi connectivity index (χ4n) is 3.04. The second kappa shape index (κ2) is 6.72. The zero-order valence-corrected chi connectivity index (χ0v) is 15.3. The minimum atomic E-state index is -4.39. The fourth-order valence-corrected chi connectivity index (χ4v) is 3.04. The number of aromatic nitrogens is 2. The molecule has 0 aliphatic rings. The summed E-state index contributed by atoms with van der Waals surface area (Å²) in [5, 5.41) is 3.79. The number of pyridine rings is 1. The summed E-state index contributed by atoms with van der Waals surface area (Å²) in [5.74, 6) is -0.366. The van der Waals surface area contributed by atoms with E-state index in [0.717, 1.165) is 17.5 Å². The van der Waals surface area contributed by atoms with E-state index < -0.39 is 17.3 Å². The molecule has 1 N–H and O–H groups in total. The maximum absolute atomic E-state index is 12.9. The van der Waals surface area contributed by atoms with Crippen LogP contribution in [0.3, 0.4) is 0 Å². The molecular weight excluding hydrogens is 355 g/mol. The second-order valence-electron chi connectivity index (χ2n) is 7.25. The van der Waals surface area contributed by atoms with Gasteiger partial charge in [0.2, 0.25) is 0 Å². The molecule has 2 aromatic heterocycles. The van der Waals surface area contributed by atoms with E-state index in [-0.39, 0.29) is 18.0 Å². The van der Waals surface area contributed by atoms with Crippen molar-refractivity contribution in [3.05, 3.63) is 65.5 Å². The molecule has 1 aromatic carbocycles. The molecule has 4 nitrogen and oxygen atoms in total. The number of alkyl halides is 3. The summed E-state index contributed by atoms with van der Waals surface area (Å²) in [4.78, 5) is 17.0. The van der Waals surface area contributed by atoms with E-state index in [9.17, 15) is 18.0 Å². The number of benzene rings is 1. The molecule has 3 rings (SSSR count). The van der Waals surface area contributed by atoms with E-state index in [0.29, 0.717) is 11.2 Å². The van der Waals surface area contributed by atoms with Gasteiger partial charge in [0.05, 0.1) is 5.56 Å². The number of aryl methyl sites for hydroxylation is 1. The fraction of sp³-hybridized carbons (Fsp3) is 0.300. The van der Waals surface area contributed by atoms with Gasteiger partial charge in [0, 0.05) is 24.2 Å². The Morgan fingerprint density at radius 1 is 1.15 bits per heavy atom. The molecule has 0 saturated heterocycles. The Kier molecular flexibility index (Phi) is 4.71. The molecule has 1 amide bonds. The first-order valence-corrected chi connectivity index (χ1v) is 8.46. The largest absolute Gasteiger partial charge is 0.416 e. The van der Waals surface area contributed by atoms with Crippen molar-refractivity contribution >= 4 is 16.9 Å². The van der Waals surface area contributed by atoms with Crippen LogP contribution in [0.1, 0.15) is 35.5 Å². The number of nitrogens with zero attached hydrogens (tertiary/aromatic N) is 2. The summed E-state index contributed by atoms with van der Waals surface area (Å²) in [6, 6.07) is 10.5. The van der Waals surface area contributed by atoms with Crippen LogP contribution in [0.25, 0.3) is 11.0 Å². The Morgan fingerprint density at radius 3 is 2.59 bits per heavy atom. The maximum Gasteiger partial charge on any atom is 0.416 e. The van der Waals surface area contributed by atoms with Crippen molar-refractivity contribution in [3.8, 4) is 0 Å². The van der Waals surface area contributed by atoms with Crippen molar-refractivity contribution in [2.75, 3.05) is 0 Å². The van der Waals surface area contributed by atoms with Crippen LogP contribution in [0.2, 0.25) is 0 Å². The van der Waals surface area contributed by atoms with Crippen molar-refractivity contribution in [1.29, 1.82) is 0 Å². The molecule has 3 aromatic rings. The lowest BCUT2D eigenvalue weighted by molar-refractivity contribution is -0.137. The lowest BCUT2D eigenvalue weighted by Gasteiger charge is -2.26. The van der Waals surface area contributed by atoms with Gasteiger partial charge in [-0.15, -0.1) is 0 Å². The molecule has 0 aliphatic carbocycles. The number of carbonyl (C=O) groups is 1. The molecule has 0 saturated carbocycles. The molecule has 0 bridgehead atoms. The molecule has 0 aliphatic heterocycles. The van der Waals surface area contributed by atoms with Crippen LogP contribution in [-0.4, -0.2) is 21.0 Å².